The van der Waals surface area contributed by atoms with Gasteiger partial charge >= 0.3 is 0 Å². The summed E-state index contributed by atoms with van der Waals surface area (Å²) in [6.45, 7) is 0.326. The molecule has 0 saturated heterocycles. The average molecular weight is 652 g/mol. The summed E-state index contributed by atoms with van der Waals surface area (Å²) < 4.78 is 0. The van der Waals surface area contributed by atoms with Crippen molar-refractivity contribution < 1.29 is 35.1 Å². The first-order valence-corrected chi connectivity index (χ1v) is 15.5. The minimum atomic E-state index is -1.67. The molecule has 2 amide bonds. The fourth-order valence-corrected chi connectivity index (χ4v) is 4.72. The van der Waals surface area contributed by atoms with E-state index in [2.05, 4.69) is 49.9 Å². The van der Waals surface area contributed by atoms with E-state index in [-0.39, 0.29) is 29.7 Å². The number of carbonyl (C=O) groups is 2. The van der Waals surface area contributed by atoms with E-state index in [4.69, 9.17) is 16.6 Å². The Balaban J connectivity index is 1.33. The number of aliphatic hydroxyl groups is 5. The lowest BCUT2D eigenvalue weighted by atomic mass is 9.99. The van der Waals surface area contributed by atoms with Crippen molar-refractivity contribution in [1.82, 2.24) is 20.6 Å². The summed E-state index contributed by atoms with van der Waals surface area (Å²) in [6, 6.07) is 16.5. The van der Waals surface area contributed by atoms with Gasteiger partial charge in [0.1, 0.15) is 29.8 Å². The lowest BCUT2D eigenvalue weighted by Gasteiger charge is -2.25. The second-order valence-electron chi connectivity index (χ2n) is 11.1. The summed E-state index contributed by atoms with van der Waals surface area (Å²) >= 11 is 0. The normalized spacial score (nSPS) is 14.3. The number of aromatic nitrogens is 2. The molecule has 47 heavy (non-hydrogen) atoms. The highest BCUT2D eigenvalue weighted by molar-refractivity contribution is 6.05. The van der Waals surface area contributed by atoms with Crippen molar-refractivity contribution in [3.63, 3.8) is 0 Å². The Hall–Kier alpha value is -4.31. The van der Waals surface area contributed by atoms with Crippen molar-refractivity contribution in [2.75, 3.05) is 32.8 Å². The van der Waals surface area contributed by atoms with Crippen LogP contribution in [0.4, 0.5) is 0 Å². The Morgan fingerprint density at radius 2 is 1.34 bits per heavy atom. The molecule has 3 rings (SSSR count). The number of aryl methyl sites for hydroxylation is 2. The van der Waals surface area contributed by atoms with E-state index in [0.29, 0.717) is 32.5 Å². The van der Waals surface area contributed by atoms with Gasteiger partial charge < -0.3 is 47.6 Å². The number of nitrogens with two attached hydrogens (primary N) is 2. The van der Waals surface area contributed by atoms with Gasteiger partial charge in [-0.15, -0.1) is 0 Å². The SMILES string of the molecule is NC(=O)c1nccnc1C(N)=NCCCCc1ccc(-c2ccc(CCC(=O)NCCNC[C@H](O)[C@@H](O)[C@H](O)[C@H](O)CO)cc2)cc1. The number of nitrogens with zero attached hydrogens (tertiary/aromatic N) is 3. The minimum absolute atomic E-state index is 0.00443. The van der Waals surface area contributed by atoms with Crippen LogP contribution in [0.25, 0.3) is 11.1 Å². The van der Waals surface area contributed by atoms with E-state index in [0.717, 1.165) is 36.0 Å². The van der Waals surface area contributed by atoms with Crippen molar-refractivity contribution in [3.8, 4) is 11.1 Å². The van der Waals surface area contributed by atoms with Crippen LogP contribution in [0.1, 0.15) is 46.6 Å². The van der Waals surface area contributed by atoms with Crippen LogP contribution in [0.15, 0.2) is 65.9 Å². The maximum absolute atomic E-state index is 12.2. The molecule has 1 aromatic heterocycles. The van der Waals surface area contributed by atoms with Gasteiger partial charge in [-0.2, -0.15) is 0 Å². The number of aliphatic imine (C=N–C) groups is 1. The number of hydrogen-bond acceptors (Lipinski definition) is 11. The summed E-state index contributed by atoms with van der Waals surface area (Å²) in [6.07, 6.45) is 0.101. The number of amides is 2. The Morgan fingerprint density at radius 3 is 1.94 bits per heavy atom. The molecule has 0 aliphatic carbocycles. The number of benzene rings is 2. The second kappa shape index (κ2) is 19.4. The summed E-state index contributed by atoms with van der Waals surface area (Å²) in [5.74, 6) is -0.679. The number of aliphatic hydroxyl groups excluding tert-OH is 5. The number of carbonyl (C=O) groups excluding carboxylic acids is 2. The fourth-order valence-electron chi connectivity index (χ4n) is 4.72. The largest absolute Gasteiger partial charge is 0.394 e. The number of nitrogens with one attached hydrogen (secondary N) is 2. The van der Waals surface area contributed by atoms with E-state index in [1.165, 1.54) is 18.0 Å². The molecule has 3 aromatic rings. The topological polar surface area (TPSA) is 250 Å². The van der Waals surface area contributed by atoms with Gasteiger partial charge in [0.2, 0.25) is 5.91 Å². The number of rotatable bonds is 20. The first-order valence-electron chi connectivity index (χ1n) is 15.5. The van der Waals surface area contributed by atoms with Gasteiger partial charge in [0, 0.05) is 45.0 Å². The highest BCUT2D eigenvalue weighted by atomic mass is 16.4. The molecule has 14 nitrogen and oxygen atoms in total. The molecule has 2 aromatic carbocycles. The van der Waals surface area contributed by atoms with Crippen LogP contribution in [-0.4, -0.2) is 110 Å². The zero-order valence-corrected chi connectivity index (χ0v) is 26.2. The minimum Gasteiger partial charge on any atom is -0.394 e. The summed E-state index contributed by atoms with van der Waals surface area (Å²) in [5, 5.41) is 53.2. The van der Waals surface area contributed by atoms with Crippen LogP contribution >= 0.6 is 0 Å². The van der Waals surface area contributed by atoms with Crippen LogP contribution < -0.4 is 22.1 Å². The monoisotopic (exact) mass is 651 g/mol. The highest BCUT2D eigenvalue weighted by Crippen LogP contribution is 2.21. The van der Waals surface area contributed by atoms with Crippen molar-refractivity contribution >= 4 is 17.6 Å². The lowest BCUT2D eigenvalue weighted by molar-refractivity contribution is -0.121. The lowest BCUT2D eigenvalue weighted by Crippen LogP contribution is -2.49. The van der Waals surface area contributed by atoms with E-state index in [1.54, 1.807) is 0 Å². The van der Waals surface area contributed by atoms with Crippen LogP contribution in [-0.2, 0) is 17.6 Å². The van der Waals surface area contributed by atoms with Crippen molar-refractivity contribution in [2.24, 2.45) is 16.5 Å². The van der Waals surface area contributed by atoms with Gasteiger partial charge in [-0.25, -0.2) is 9.97 Å². The van der Waals surface area contributed by atoms with Crippen LogP contribution in [0.5, 0.6) is 0 Å². The fraction of sp³-hybridized carbons (Fsp3) is 0.424. The maximum Gasteiger partial charge on any atom is 0.269 e. The molecule has 0 saturated carbocycles. The molecule has 14 heteroatoms. The molecule has 0 unspecified atom stereocenters. The molecule has 254 valence electrons. The third-order valence-electron chi connectivity index (χ3n) is 7.51. The molecule has 0 bridgehead atoms. The maximum atomic E-state index is 12.2. The van der Waals surface area contributed by atoms with Crippen molar-refractivity contribution in [3.05, 3.63) is 83.4 Å². The van der Waals surface area contributed by atoms with Gasteiger partial charge in [0.05, 0.1) is 12.7 Å². The molecule has 0 spiro atoms. The van der Waals surface area contributed by atoms with Gasteiger partial charge in [-0.1, -0.05) is 48.5 Å². The third kappa shape index (κ3) is 12.1. The standard InChI is InChI=1S/C33H45N7O7/c34-32(28-29(33(35)47)39-18-17-38-28)40-14-2-1-3-21-4-9-23(10-5-21)24-11-6-22(7-12-24)8-13-27(44)37-16-15-36-19-25(42)30(45)31(46)26(43)20-41/h4-7,9-12,17-18,25-26,30-31,36,41-43,45-46H,1-3,8,13-16,19-20H2,(H2,34,40)(H2,35,47)(H,37,44)/t25-,26+,30+,31+/m0/s1. The van der Waals surface area contributed by atoms with Gasteiger partial charge in [-0.3, -0.25) is 14.6 Å². The summed E-state index contributed by atoms with van der Waals surface area (Å²) in [5.41, 5.74) is 15.9. The van der Waals surface area contributed by atoms with E-state index in [1.807, 2.05) is 24.3 Å². The number of amidine groups is 1. The smallest absolute Gasteiger partial charge is 0.269 e. The summed E-state index contributed by atoms with van der Waals surface area (Å²) in [7, 11) is 0. The molecule has 11 N–H and O–H groups in total. The molecule has 0 aliphatic rings. The Kier molecular flexibility index (Phi) is 15.3. The van der Waals surface area contributed by atoms with E-state index < -0.39 is 36.9 Å². The zero-order valence-electron chi connectivity index (χ0n) is 26.2. The van der Waals surface area contributed by atoms with Gasteiger partial charge in [0.15, 0.2) is 5.69 Å². The quantitative estimate of drug-likeness (QED) is 0.0409. The molecule has 4 atom stereocenters. The predicted octanol–water partition coefficient (Wildman–Crippen LogP) is -0.955. The van der Waals surface area contributed by atoms with Crippen LogP contribution in [0, 0.1) is 0 Å². The highest BCUT2D eigenvalue weighted by Gasteiger charge is 2.29. The first-order chi connectivity index (χ1) is 22.6. The number of primary amides is 1. The van der Waals surface area contributed by atoms with E-state index >= 15 is 0 Å². The molecular weight excluding hydrogens is 606 g/mol. The molecular formula is C33H45N7O7. The average Bonchev–Trinajstić information content (AvgIpc) is 3.09. The molecule has 0 radical (unpaired) electrons. The van der Waals surface area contributed by atoms with Gasteiger partial charge in [0.25, 0.3) is 5.91 Å². The van der Waals surface area contributed by atoms with Crippen LogP contribution in [0.3, 0.4) is 0 Å². The van der Waals surface area contributed by atoms with Crippen molar-refractivity contribution in [1.29, 1.82) is 0 Å². The summed E-state index contributed by atoms with van der Waals surface area (Å²) in [4.78, 5) is 36.0. The Labute approximate surface area is 273 Å². The molecule has 0 aliphatic heterocycles. The van der Waals surface area contributed by atoms with Crippen LogP contribution in [0.2, 0.25) is 0 Å². The second-order valence-corrected chi connectivity index (χ2v) is 11.1. The van der Waals surface area contributed by atoms with Gasteiger partial charge in [-0.05, 0) is 47.9 Å². The Morgan fingerprint density at radius 1 is 0.766 bits per heavy atom. The molecule has 1 heterocycles. The molecule has 0 fully saturated rings. The number of hydrogen-bond donors (Lipinski definition) is 9. The van der Waals surface area contributed by atoms with Crippen molar-refractivity contribution in [2.45, 2.75) is 56.5 Å². The zero-order chi connectivity index (χ0) is 34.2. The first kappa shape index (κ1) is 37.2. The number of unbranched alkanes of at least 4 members (excludes halogenated alkanes) is 1. The predicted molar refractivity (Wildman–Crippen MR) is 176 cm³/mol. The third-order valence-corrected chi connectivity index (χ3v) is 7.51. The van der Waals surface area contributed by atoms with E-state index in [9.17, 15) is 30.0 Å². The Bertz CT molecular complexity index is 1440.